The quantitative estimate of drug-likeness (QED) is 0.680. The third-order valence-electron chi connectivity index (χ3n) is 5.62. The monoisotopic (exact) mass is 408 g/mol. The number of halogens is 1. The van der Waals surface area contributed by atoms with Crippen LogP contribution in [0.1, 0.15) is 18.0 Å². The number of β-amino-alcohol motifs (C(OH)–C–C–N with tert-alkyl or cyclic N) is 1. The lowest BCUT2D eigenvalue weighted by atomic mass is 10.0. The molecule has 1 fully saturated rings. The molecule has 6 heteroatoms. The zero-order chi connectivity index (χ0) is 21.1. The second-order valence-electron chi connectivity index (χ2n) is 7.61. The van der Waals surface area contributed by atoms with Gasteiger partial charge in [0.15, 0.2) is 0 Å². The Morgan fingerprint density at radius 1 is 1.13 bits per heavy atom. The van der Waals surface area contributed by atoms with E-state index in [9.17, 15) is 14.3 Å². The SMILES string of the molecule is COc1ccc(F)cc1-c1cccn(C(CN2CC[C@@H](O)C2)c2ccccc2)c1=O. The highest BCUT2D eigenvalue weighted by molar-refractivity contribution is 5.69. The molecule has 0 saturated carbocycles. The molecule has 2 atom stereocenters. The van der Waals surface area contributed by atoms with E-state index in [1.807, 2.05) is 30.3 Å². The molecule has 2 aromatic carbocycles. The molecule has 30 heavy (non-hydrogen) atoms. The summed E-state index contributed by atoms with van der Waals surface area (Å²) in [6.07, 6.45) is 2.17. The van der Waals surface area contributed by atoms with Gasteiger partial charge in [-0.1, -0.05) is 30.3 Å². The molecule has 1 aliphatic heterocycles. The second-order valence-corrected chi connectivity index (χ2v) is 7.61. The number of hydrogen-bond acceptors (Lipinski definition) is 4. The predicted molar refractivity (Wildman–Crippen MR) is 114 cm³/mol. The van der Waals surface area contributed by atoms with Crippen LogP contribution in [-0.2, 0) is 0 Å². The Morgan fingerprint density at radius 3 is 2.63 bits per heavy atom. The van der Waals surface area contributed by atoms with Gasteiger partial charge in [0.25, 0.3) is 5.56 Å². The Kier molecular flexibility index (Phi) is 5.97. The number of hydrogen-bond donors (Lipinski definition) is 1. The normalized spacial score (nSPS) is 17.8. The molecule has 1 aliphatic rings. The van der Waals surface area contributed by atoms with Gasteiger partial charge in [-0.3, -0.25) is 9.69 Å². The number of aliphatic hydroxyl groups excluding tert-OH is 1. The van der Waals surface area contributed by atoms with Crippen LogP contribution in [0, 0.1) is 5.82 Å². The summed E-state index contributed by atoms with van der Waals surface area (Å²) in [7, 11) is 1.50. The molecule has 0 bridgehead atoms. The van der Waals surface area contributed by atoms with Crippen LogP contribution < -0.4 is 10.3 Å². The van der Waals surface area contributed by atoms with E-state index in [0.29, 0.717) is 30.0 Å². The van der Waals surface area contributed by atoms with E-state index in [1.165, 1.54) is 25.3 Å². The number of likely N-dealkylation sites (tertiary alicyclic amines) is 1. The highest BCUT2D eigenvalue weighted by Gasteiger charge is 2.26. The van der Waals surface area contributed by atoms with Gasteiger partial charge in [0.05, 0.1) is 24.8 Å². The average molecular weight is 408 g/mol. The minimum atomic E-state index is -0.425. The predicted octanol–water partition coefficient (Wildman–Crippen LogP) is 3.32. The van der Waals surface area contributed by atoms with E-state index in [1.54, 1.807) is 22.9 Å². The summed E-state index contributed by atoms with van der Waals surface area (Å²) >= 11 is 0. The van der Waals surface area contributed by atoms with E-state index >= 15 is 0 Å². The highest BCUT2D eigenvalue weighted by atomic mass is 19.1. The van der Waals surface area contributed by atoms with E-state index < -0.39 is 5.82 Å². The molecule has 1 unspecified atom stereocenters. The number of pyridine rings is 1. The first kappa shape index (κ1) is 20.3. The lowest BCUT2D eigenvalue weighted by molar-refractivity contribution is 0.172. The zero-order valence-electron chi connectivity index (χ0n) is 16.9. The molecule has 0 spiro atoms. The Labute approximate surface area is 175 Å². The summed E-state index contributed by atoms with van der Waals surface area (Å²) in [6, 6.07) is 17.3. The molecule has 1 aromatic heterocycles. The van der Waals surface area contributed by atoms with E-state index in [0.717, 1.165) is 18.5 Å². The first-order valence-corrected chi connectivity index (χ1v) is 10.1. The summed E-state index contributed by atoms with van der Waals surface area (Å²) in [6.45, 7) is 1.98. The smallest absolute Gasteiger partial charge is 0.259 e. The highest BCUT2D eigenvalue weighted by Crippen LogP contribution is 2.29. The van der Waals surface area contributed by atoms with Gasteiger partial charge < -0.3 is 14.4 Å². The van der Waals surface area contributed by atoms with Crippen LogP contribution >= 0.6 is 0 Å². The molecule has 2 heterocycles. The van der Waals surface area contributed by atoms with Gasteiger partial charge in [-0.2, -0.15) is 0 Å². The number of methoxy groups -OCH3 is 1. The fraction of sp³-hybridized carbons (Fsp3) is 0.292. The van der Waals surface area contributed by atoms with Crippen LogP contribution in [0.2, 0.25) is 0 Å². The van der Waals surface area contributed by atoms with Crippen molar-refractivity contribution in [2.75, 3.05) is 26.7 Å². The van der Waals surface area contributed by atoms with Gasteiger partial charge >= 0.3 is 0 Å². The van der Waals surface area contributed by atoms with Gasteiger partial charge in [-0.25, -0.2) is 4.39 Å². The maximum atomic E-state index is 13.9. The molecule has 0 radical (unpaired) electrons. The molecule has 3 aromatic rings. The number of benzene rings is 2. The fourth-order valence-corrected chi connectivity index (χ4v) is 4.10. The van der Waals surface area contributed by atoms with Crippen molar-refractivity contribution < 1.29 is 14.2 Å². The number of rotatable bonds is 6. The van der Waals surface area contributed by atoms with Crippen molar-refractivity contribution in [2.24, 2.45) is 0 Å². The molecule has 1 N–H and O–H groups in total. The Hall–Kier alpha value is -2.96. The number of aliphatic hydroxyl groups is 1. The van der Waals surface area contributed by atoms with Gasteiger partial charge in [0, 0.05) is 31.4 Å². The third kappa shape index (κ3) is 4.15. The van der Waals surface area contributed by atoms with Crippen molar-refractivity contribution >= 4 is 0 Å². The summed E-state index contributed by atoms with van der Waals surface area (Å²) in [5.41, 5.74) is 1.61. The van der Waals surface area contributed by atoms with Crippen molar-refractivity contribution in [1.82, 2.24) is 9.47 Å². The van der Waals surface area contributed by atoms with E-state index in [-0.39, 0.29) is 17.7 Å². The Balaban J connectivity index is 1.80. The van der Waals surface area contributed by atoms with Crippen LogP contribution in [0.5, 0.6) is 5.75 Å². The topological polar surface area (TPSA) is 54.7 Å². The number of aromatic nitrogens is 1. The van der Waals surface area contributed by atoms with E-state index in [2.05, 4.69) is 4.90 Å². The Bertz CT molecular complexity index is 1070. The summed E-state index contributed by atoms with van der Waals surface area (Å²) in [5, 5.41) is 9.93. The largest absolute Gasteiger partial charge is 0.496 e. The molecule has 0 amide bonds. The van der Waals surface area contributed by atoms with Crippen molar-refractivity contribution in [1.29, 1.82) is 0 Å². The Morgan fingerprint density at radius 2 is 1.93 bits per heavy atom. The lowest BCUT2D eigenvalue weighted by Gasteiger charge is -2.26. The maximum Gasteiger partial charge on any atom is 0.259 e. The molecular formula is C24H25FN2O3. The lowest BCUT2D eigenvalue weighted by Crippen LogP contribution is -2.35. The van der Waals surface area contributed by atoms with Crippen molar-refractivity contribution in [2.45, 2.75) is 18.6 Å². The number of ether oxygens (including phenoxy) is 1. The second kappa shape index (κ2) is 8.81. The summed E-state index contributed by atoms with van der Waals surface area (Å²) < 4.78 is 21.0. The third-order valence-corrected chi connectivity index (χ3v) is 5.62. The van der Waals surface area contributed by atoms with Crippen LogP contribution in [0.4, 0.5) is 4.39 Å². The van der Waals surface area contributed by atoms with Crippen LogP contribution in [0.25, 0.3) is 11.1 Å². The maximum absolute atomic E-state index is 13.9. The first-order chi connectivity index (χ1) is 14.6. The molecule has 156 valence electrons. The van der Waals surface area contributed by atoms with Gasteiger partial charge in [0.2, 0.25) is 0 Å². The van der Waals surface area contributed by atoms with Crippen molar-refractivity contribution in [3.63, 3.8) is 0 Å². The zero-order valence-corrected chi connectivity index (χ0v) is 16.9. The molecule has 5 nitrogen and oxygen atoms in total. The minimum Gasteiger partial charge on any atom is -0.496 e. The molecule has 4 rings (SSSR count). The molecule has 0 aliphatic carbocycles. The standard InChI is InChI=1S/C24H25FN2O3/c1-30-23-10-9-18(25)14-21(23)20-8-5-12-27(24(20)29)22(17-6-3-2-4-7-17)16-26-13-11-19(28)15-26/h2-10,12,14,19,22,28H,11,13,15-16H2,1H3/t19-,22?/m1/s1. The number of nitrogens with zero attached hydrogens (tertiary/aromatic N) is 2. The van der Waals surface area contributed by atoms with Crippen molar-refractivity contribution in [3.8, 4) is 16.9 Å². The van der Waals surface area contributed by atoms with Crippen LogP contribution in [-0.4, -0.2) is 47.4 Å². The van der Waals surface area contributed by atoms with Gasteiger partial charge in [-0.05, 0) is 42.3 Å². The van der Waals surface area contributed by atoms with Crippen molar-refractivity contribution in [3.05, 3.63) is 88.6 Å². The van der Waals surface area contributed by atoms with E-state index in [4.69, 9.17) is 4.74 Å². The fourth-order valence-electron chi connectivity index (χ4n) is 4.10. The first-order valence-electron chi connectivity index (χ1n) is 10.1. The van der Waals surface area contributed by atoms with Crippen LogP contribution in [0.15, 0.2) is 71.7 Å². The molecular weight excluding hydrogens is 383 g/mol. The average Bonchev–Trinajstić information content (AvgIpc) is 3.18. The molecule has 1 saturated heterocycles. The minimum absolute atomic E-state index is 0.213. The van der Waals surface area contributed by atoms with Gasteiger partial charge in [-0.15, -0.1) is 0 Å². The summed E-state index contributed by atoms with van der Waals surface area (Å²) in [5.74, 6) is 0.0245. The summed E-state index contributed by atoms with van der Waals surface area (Å²) in [4.78, 5) is 15.7. The van der Waals surface area contributed by atoms with Crippen LogP contribution in [0.3, 0.4) is 0 Å². The van der Waals surface area contributed by atoms with Gasteiger partial charge in [0.1, 0.15) is 11.6 Å².